The van der Waals surface area contributed by atoms with Gasteiger partial charge in [-0.15, -0.1) is 0 Å². The summed E-state index contributed by atoms with van der Waals surface area (Å²) in [5.74, 6) is 0. The summed E-state index contributed by atoms with van der Waals surface area (Å²) in [6.07, 6.45) is 6.37. The Hall–Kier alpha value is -1.93. The fraction of sp³-hybridized carbons (Fsp3) is 0.154. The largest absolute Gasteiger partial charge is 0.276 e. The lowest BCUT2D eigenvalue weighted by atomic mass is 10.2. The molecule has 0 unspecified atom stereocenters. The molecule has 0 aliphatic carbocycles. The number of sulfonamides is 1. The van der Waals surface area contributed by atoms with E-state index in [-0.39, 0.29) is 4.90 Å². The Kier molecular flexibility index (Phi) is 4.92. The number of benzene rings is 1. The van der Waals surface area contributed by atoms with Crippen LogP contribution in [0.25, 0.3) is 0 Å². The molecule has 0 radical (unpaired) electrons. The highest BCUT2D eigenvalue weighted by Gasteiger charge is 2.11. The molecule has 0 amide bonds. The molecule has 1 heterocycles. The molecule has 0 aliphatic heterocycles. The summed E-state index contributed by atoms with van der Waals surface area (Å²) in [6.45, 7) is 1.89. The standard InChI is InChI=1S/C13H14N4O2S2/c1-10-3-5-12(6-4-10)21(18,19)17-16-9-11-7-14-13(20-2)15-8-11/h3-9,17H,1-2H3. The molecule has 0 fully saturated rings. The summed E-state index contributed by atoms with van der Waals surface area (Å²) in [7, 11) is -3.65. The highest BCUT2D eigenvalue weighted by molar-refractivity contribution is 7.98. The quantitative estimate of drug-likeness (QED) is 0.393. The van der Waals surface area contributed by atoms with Gasteiger partial charge in [0.1, 0.15) is 0 Å². The van der Waals surface area contributed by atoms with Gasteiger partial charge in [-0.2, -0.15) is 13.5 Å². The predicted molar refractivity (Wildman–Crippen MR) is 82.9 cm³/mol. The highest BCUT2D eigenvalue weighted by Crippen LogP contribution is 2.09. The van der Waals surface area contributed by atoms with E-state index in [0.29, 0.717) is 10.7 Å². The van der Waals surface area contributed by atoms with Crippen molar-refractivity contribution in [2.75, 3.05) is 6.26 Å². The van der Waals surface area contributed by atoms with E-state index < -0.39 is 10.0 Å². The van der Waals surface area contributed by atoms with Gasteiger partial charge in [-0.25, -0.2) is 14.8 Å². The van der Waals surface area contributed by atoms with Crippen molar-refractivity contribution in [3.05, 3.63) is 47.8 Å². The minimum atomic E-state index is -3.65. The third-order valence-corrected chi connectivity index (χ3v) is 4.36. The van der Waals surface area contributed by atoms with Gasteiger partial charge in [-0.1, -0.05) is 29.5 Å². The summed E-state index contributed by atoms with van der Waals surface area (Å²) in [5.41, 5.74) is 1.60. The van der Waals surface area contributed by atoms with Crippen molar-refractivity contribution in [3.8, 4) is 0 Å². The van der Waals surface area contributed by atoms with E-state index in [0.717, 1.165) is 5.56 Å². The summed E-state index contributed by atoms with van der Waals surface area (Å²) < 4.78 is 23.9. The van der Waals surface area contributed by atoms with Crippen molar-refractivity contribution in [3.63, 3.8) is 0 Å². The third-order valence-electron chi connectivity index (χ3n) is 2.55. The van der Waals surface area contributed by atoms with Crippen LogP contribution in [0.2, 0.25) is 0 Å². The Morgan fingerprint density at radius 3 is 2.38 bits per heavy atom. The number of thioether (sulfide) groups is 1. The number of nitrogens with zero attached hydrogens (tertiary/aromatic N) is 3. The number of aryl methyl sites for hydroxylation is 1. The van der Waals surface area contributed by atoms with E-state index in [1.165, 1.54) is 30.1 Å². The Bertz CT molecular complexity index is 726. The van der Waals surface area contributed by atoms with Gasteiger partial charge in [0.05, 0.1) is 11.1 Å². The van der Waals surface area contributed by atoms with Crippen LogP contribution in [0.1, 0.15) is 11.1 Å². The monoisotopic (exact) mass is 322 g/mol. The molecule has 0 saturated carbocycles. The molecule has 1 aromatic heterocycles. The van der Waals surface area contributed by atoms with Crippen molar-refractivity contribution < 1.29 is 8.42 Å². The van der Waals surface area contributed by atoms with Crippen molar-refractivity contribution in [1.29, 1.82) is 0 Å². The second-order valence-electron chi connectivity index (χ2n) is 4.17. The van der Waals surface area contributed by atoms with Crippen LogP contribution in [0.5, 0.6) is 0 Å². The molecule has 0 spiro atoms. The Labute approximate surface area is 127 Å². The molecule has 6 nitrogen and oxygen atoms in total. The van der Waals surface area contributed by atoms with Gasteiger partial charge in [-0.05, 0) is 25.3 Å². The van der Waals surface area contributed by atoms with Crippen molar-refractivity contribution in [1.82, 2.24) is 14.8 Å². The second-order valence-corrected chi connectivity index (χ2v) is 6.60. The number of aromatic nitrogens is 2. The first-order valence-corrected chi connectivity index (χ1v) is 8.69. The Balaban J connectivity index is 2.06. The Morgan fingerprint density at radius 1 is 1.19 bits per heavy atom. The van der Waals surface area contributed by atoms with Crippen LogP contribution in [-0.4, -0.2) is 30.9 Å². The molecular weight excluding hydrogens is 308 g/mol. The fourth-order valence-corrected chi connectivity index (χ4v) is 2.55. The van der Waals surface area contributed by atoms with Crippen LogP contribution >= 0.6 is 11.8 Å². The Morgan fingerprint density at radius 2 is 1.81 bits per heavy atom. The van der Waals surface area contributed by atoms with Crippen LogP contribution in [0.3, 0.4) is 0 Å². The van der Waals surface area contributed by atoms with E-state index >= 15 is 0 Å². The molecule has 1 N–H and O–H groups in total. The maximum atomic E-state index is 12.0. The van der Waals surface area contributed by atoms with E-state index in [1.54, 1.807) is 24.5 Å². The van der Waals surface area contributed by atoms with Crippen molar-refractivity contribution in [2.45, 2.75) is 17.0 Å². The first kappa shape index (κ1) is 15.5. The molecule has 21 heavy (non-hydrogen) atoms. The van der Waals surface area contributed by atoms with Gasteiger partial charge < -0.3 is 0 Å². The third kappa shape index (κ3) is 4.27. The van der Waals surface area contributed by atoms with Crippen LogP contribution < -0.4 is 4.83 Å². The van der Waals surface area contributed by atoms with Crippen LogP contribution in [0.4, 0.5) is 0 Å². The first-order valence-electron chi connectivity index (χ1n) is 5.99. The van der Waals surface area contributed by atoms with E-state index in [1.807, 2.05) is 13.2 Å². The molecule has 2 aromatic rings. The van der Waals surface area contributed by atoms with Crippen molar-refractivity contribution >= 4 is 28.0 Å². The van der Waals surface area contributed by atoms with Crippen LogP contribution in [0, 0.1) is 6.92 Å². The number of hydrazone groups is 1. The lowest BCUT2D eigenvalue weighted by Crippen LogP contribution is -2.18. The normalized spacial score (nSPS) is 11.7. The van der Waals surface area contributed by atoms with Crippen LogP contribution in [0.15, 0.2) is 51.8 Å². The molecule has 1 aromatic carbocycles. The maximum absolute atomic E-state index is 12.0. The molecule has 2 rings (SSSR count). The van der Waals surface area contributed by atoms with Gasteiger partial charge in [0.15, 0.2) is 5.16 Å². The van der Waals surface area contributed by atoms with Crippen molar-refractivity contribution in [2.24, 2.45) is 5.10 Å². The van der Waals surface area contributed by atoms with E-state index in [4.69, 9.17) is 0 Å². The van der Waals surface area contributed by atoms with Gasteiger partial charge in [-0.3, -0.25) is 0 Å². The van der Waals surface area contributed by atoms with Gasteiger partial charge >= 0.3 is 0 Å². The molecule has 0 bridgehead atoms. The van der Waals surface area contributed by atoms with Gasteiger partial charge in [0.25, 0.3) is 10.0 Å². The molecule has 0 aliphatic rings. The number of nitrogens with one attached hydrogen (secondary N) is 1. The molecule has 110 valence electrons. The molecular formula is C13H14N4O2S2. The number of hydrogen-bond acceptors (Lipinski definition) is 6. The fourth-order valence-electron chi connectivity index (χ4n) is 1.44. The number of hydrogen-bond donors (Lipinski definition) is 1. The summed E-state index contributed by atoms with van der Waals surface area (Å²) in [5, 5.41) is 4.36. The second kappa shape index (κ2) is 6.68. The predicted octanol–water partition coefficient (Wildman–Crippen LogP) is 1.82. The summed E-state index contributed by atoms with van der Waals surface area (Å²) in [4.78, 5) is 10.4. The first-order chi connectivity index (χ1) is 10.0. The molecule has 0 saturated heterocycles. The number of rotatable bonds is 5. The van der Waals surface area contributed by atoms with E-state index in [9.17, 15) is 8.42 Å². The SMILES string of the molecule is CSc1ncc(C=NNS(=O)(=O)c2ccc(C)cc2)cn1. The average molecular weight is 322 g/mol. The molecule has 0 atom stereocenters. The lowest BCUT2D eigenvalue weighted by molar-refractivity contribution is 0.584. The maximum Gasteiger partial charge on any atom is 0.276 e. The summed E-state index contributed by atoms with van der Waals surface area (Å²) in [6, 6.07) is 6.52. The van der Waals surface area contributed by atoms with Gasteiger partial charge in [0, 0.05) is 18.0 Å². The zero-order chi connectivity index (χ0) is 15.3. The zero-order valence-electron chi connectivity index (χ0n) is 11.5. The van der Waals surface area contributed by atoms with Gasteiger partial charge in [0.2, 0.25) is 0 Å². The topological polar surface area (TPSA) is 84.3 Å². The zero-order valence-corrected chi connectivity index (χ0v) is 13.1. The van der Waals surface area contributed by atoms with E-state index in [2.05, 4.69) is 19.9 Å². The minimum Gasteiger partial charge on any atom is -0.230 e. The minimum absolute atomic E-state index is 0.166. The average Bonchev–Trinajstić information content (AvgIpc) is 2.48. The smallest absolute Gasteiger partial charge is 0.230 e. The van der Waals surface area contributed by atoms with Crippen LogP contribution in [-0.2, 0) is 10.0 Å². The highest BCUT2D eigenvalue weighted by atomic mass is 32.2. The molecule has 8 heteroatoms. The summed E-state index contributed by atoms with van der Waals surface area (Å²) >= 11 is 1.43. The lowest BCUT2D eigenvalue weighted by Gasteiger charge is -2.03.